The van der Waals surface area contributed by atoms with Crippen molar-refractivity contribution in [3.63, 3.8) is 0 Å². The Morgan fingerprint density at radius 1 is 1.03 bits per heavy atom. The first-order valence-corrected chi connectivity index (χ1v) is 15.8. The quantitative estimate of drug-likeness (QED) is 0.518. The van der Waals surface area contributed by atoms with E-state index < -0.39 is 13.9 Å². The van der Waals surface area contributed by atoms with Crippen LogP contribution in [-0.2, 0) is 9.22 Å². The molecule has 5 fully saturated rings. The molecule has 0 aromatic rings. The molecule has 5 unspecified atom stereocenters. The summed E-state index contributed by atoms with van der Waals surface area (Å²) in [5.74, 6) is 6.96. The molecule has 6 aliphatic rings. The van der Waals surface area contributed by atoms with Gasteiger partial charge in [-0.05, 0) is 124 Å². The van der Waals surface area contributed by atoms with Crippen LogP contribution in [0.15, 0.2) is 11.6 Å². The summed E-state index contributed by atoms with van der Waals surface area (Å²) in [6.07, 6.45) is 11.0. The summed E-state index contributed by atoms with van der Waals surface area (Å²) in [5, 5.41) is 11.9. The first-order chi connectivity index (χ1) is 13.8. The minimum Gasteiger partial charge on any atom is -0.418 e. The van der Waals surface area contributed by atoms with E-state index in [9.17, 15) is 9.90 Å². The molecule has 0 bridgehead atoms. The topological polar surface area (TPSA) is 46.5 Å². The Bertz CT molecular complexity index is 754. The lowest BCUT2D eigenvalue weighted by Crippen LogP contribution is -2.49. The Morgan fingerprint density at radius 3 is 2.66 bits per heavy atom. The van der Waals surface area contributed by atoms with Gasteiger partial charge in [0.25, 0.3) is 0 Å². The maximum atomic E-state index is 12.0. The van der Waals surface area contributed by atoms with Crippen LogP contribution in [-0.4, -0.2) is 31.4 Å². The van der Waals surface area contributed by atoms with Gasteiger partial charge in [-0.1, -0.05) is 5.57 Å². The summed E-state index contributed by atoms with van der Waals surface area (Å²) in [6, 6.07) is 0. The smallest absolute Gasteiger partial charge is 0.183 e. The van der Waals surface area contributed by atoms with Gasteiger partial charge in [-0.2, -0.15) is 0 Å². The highest BCUT2D eigenvalue weighted by atomic mass is 28.4. The molecule has 0 radical (unpaired) electrons. The first kappa shape index (κ1) is 19.2. The van der Waals surface area contributed by atoms with Crippen LogP contribution < -0.4 is 0 Å². The number of carbonyl (C=O) groups excluding carboxylic acids is 1. The minimum atomic E-state index is -1.46. The van der Waals surface area contributed by atoms with Gasteiger partial charge >= 0.3 is 0 Å². The van der Waals surface area contributed by atoms with Crippen LogP contribution in [0.25, 0.3) is 0 Å². The number of carbonyl (C=O) groups is 1. The predicted molar refractivity (Wildman–Crippen MR) is 116 cm³/mol. The molecular weight excluding hydrogens is 376 g/mol. The molecule has 0 aromatic heterocycles. The lowest BCUT2D eigenvalue weighted by Gasteiger charge is -2.52. The monoisotopic (exact) mass is 414 g/mol. The van der Waals surface area contributed by atoms with Crippen LogP contribution in [0.3, 0.4) is 0 Å². The van der Waals surface area contributed by atoms with Crippen molar-refractivity contribution in [3.05, 3.63) is 11.6 Å². The van der Waals surface area contributed by atoms with Gasteiger partial charge < -0.3 is 9.53 Å². The van der Waals surface area contributed by atoms with Crippen molar-refractivity contribution in [2.24, 2.45) is 53.3 Å². The third kappa shape index (κ3) is 2.91. The molecule has 0 aliphatic heterocycles. The Hall–Kier alpha value is -0.453. The van der Waals surface area contributed by atoms with Gasteiger partial charge in [0.15, 0.2) is 14.1 Å². The normalized spacial score (nSPS) is 51.9. The zero-order chi connectivity index (χ0) is 20.1. The van der Waals surface area contributed by atoms with E-state index in [0.717, 1.165) is 67.8 Å². The second kappa shape index (κ2) is 6.29. The average molecular weight is 415 g/mol. The molecule has 10 atom stereocenters. The van der Waals surface area contributed by atoms with Gasteiger partial charge in [0.1, 0.15) is 0 Å². The van der Waals surface area contributed by atoms with Gasteiger partial charge in [-0.3, -0.25) is 4.79 Å². The fourth-order valence-electron chi connectivity index (χ4n) is 8.84. The summed E-state index contributed by atoms with van der Waals surface area (Å²) >= 11 is 0. The van der Waals surface area contributed by atoms with Crippen molar-refractivity contribution in [2.45, 2.75) is 76.6 Å². The van der Waals surface area contributed by atoms with E-state index >= 15 is 0 Å². The minimum absolute atomic E-state index is 0.382. The summed E-state index contributed by atoms with van der Waals surface area (Å²) in [5.41, 5.74) is 1.14. The highest BCUT2D eigenvalue weighted by Gasteiger charge is 2.73. The number of allylic oxidation sites excluding steroid dienone is 1. The summed E-state index contributed by atoms with van der Waals surface area (Å²) < 4.78 is 6.09. The summed E-state index contributed by atoms with van der Waals surface area (Å²) in [7, 11) is -1.46. The van der Waals surface area contributed by atoms with Crippen molar-refractivity contribution < 1.29 is 14.3 Å². The van der Waals surface area contributed by atoms with E-state index in [-0.39, 0.29) is 0 Å². The average Bonchev–Trinajstić information content (AvgIpc) is 3.56. The van der Waals surface area contributed by atoms with Gasteiger partial charge in [-0.15, -0.1) is 0 Å². The van der Waals surface area contributed by atoms with Crippen LogP contribution in [0.4, 0.5) is 0 Å². The number of hydrogen-bond donors (Lipinski definition) is 1. The number of ketones is 1. The van der Waals surface area contributed by atoms with Crippen LogP contribution in [0.1, 0.15) is 51.4 Å². The molecule has 6 rings (SSSR count). The molecule has 0 amide bonds. The van der Waals surface area contributed by atoms with Crippen molar-refractivity contribution in [1.29, 1.82) is 0 Å². The standard InChI is InChI=1S/C25H38O3Si/c1-29(2,3)28-10-4-9-25(27)21-8-7-16-15-6-5-14(26)11-17(15)18-12-19(18)23(16)24(21)20-13-22(20)25/h11,15-16,18-24,27H,4-10,12-13H2,1-3H3/t15?,16?,18-,19-,20+,21?,22-,23?,24?,25+/m0/s1. The number of rotatable bonds is 5. The third-order valence-corrected chi connectivity index (χ3v) is 10.9. The summed E-state index contributed by atoms with van der Waals surface area (Å²) in [4.78, 5) is 12.0. The third-order valence-electron chi connectivity index (χ3n) is 9.83. The van der Waals surface area contributed by atoms with Crippen molar-refractivity contribution in [3.8, 4) is 0 Å². The zero-order valence-corrected chi connectivity index (χ0v) is 19.4. The SMILES string of the molecule is C[Si](C)(C)OCCC[C@@]1(O)C2CCC3C4CCC(=O)C=C4[C@@H]4C[C@@H]4C3C2[C@@H]2C[C@@H]21. The molecule has 29 heavy (non-hydrogen) atoms. The van der Waals surface area contributed by atoms with E-state index in [2.05, 4.69) is 25.7 Å². The molecule has 1 N–H and O–H groups in total. The van der Waals surface area contributed by atoms with E-state index in [1.165, 1.54) is 25.7 Å². The molecule has 0 saturated heterocycles. The highest BCUT2D eigenvalue weighted by Crippen LogP contribution is 2.75. The largest absolute Gasteiger partial charge is 0.418 e. The first-order valence-electron chi connectivity index (χ1n) is 12.4. The maximum Gasteiger partial charge on any atom is 0.183 e. The lowest BCUT2D eigenvalue weighted by molar-refractivity contribution is -0.116. The summed E-state index contributed by atoms with van der Waals surface area (Å²) in [6.45, 7) is 7.58. The Labute approximate surface area is 176 Å². The molecule has 160 valence electrons. The van der Waals surface area contributed by atoms with Gasteiger partial charge in [0.2, 0.25) is 0 Å². The second-order valence-electron chi connectivity index (χ2n) is 12.3. The lowest BCUT2D eigenvalue weighted by atomic mass is 9.54. The molecule has 6 aliphatic carbocycles. The van der Waals surface area contributed by atoms with E-state index in [1.54, 1.807) is 5.57 Å². The van der Waals surface area contributed by atoms with Crippen molar-refractivity contribution in [1.82, 2.24) is 0 Å². The van der Waals surface area contributed by atoms with Crippen molar-refractivity contribution in [2.75, 3.05) is 6.61 Å². The second-order valence-corrected chi connectivity index (χ2v) is 16.8. The molecule has 3 nitrogen and oxygen atoms in total. The van der Waals surface area contributed by atoms with Crippen LogP contribution >= 0.6 is 0 Å². The van der Waals surface area contributed by atoms with Gasteiger partial charge in [-0.25, -0.2) is 0 Å². The molecular formula is C25H38O3Si. The van der Waals surface area contributed by atoms with Crippen LogP contribution in [0.5, 0.6) is 0 Å². The fourth-order valence-corrected chi connectivity index (χ4v) is 9.60. The van der Waals surface area contributed by atoms with E-state index in [1.807, 2.05) is 0 Å². The number of hydrogen-bond acceptors (Lipinski definition) is 3. The predicted octanol–water partition coefficient (Wildman–Crippen LogP) is 4.81. The number of aliphatic hydroxyl groups is 1. The highest BCUT2D eigenvalue weighted by molar-refractivity contribution is 6.69. The van der Waals surface area contributed by atoms with Gasteiger partial charge in [0.05, 0.1) is 5.60 Å². The van der Waals surface area contributed by atoms with Crippen LogP contribution in [0, 0.1) is 53.3 Å². The van der Waals surface area contributed by atoms with Gasteiger partial charge in [0, 0.05) is 13.0 Å². The van der Waals surface area contributed by atoms with E-state index in [4.69, 9.17) is 4.43 Å². The van der Waals surface area contributed by atoms with Crippen LogP contribution in [0.2, 0.25) is 19.6 Å². The Kier molecular flexibility index (Phi) is 4.18. The molecule has 0 aromatic carbocycles. The maximum absolute atomic E-state index is 12.0. The molecule has 4 heteroatoms. The number of fused-ring (bicyclic) bond motifs is 10. The van der Waals surface area contributed by atoms with Crippen molar-refractivity contribution >= 4 is 14.1 Å². The Morgan fingerprint density at radius 2 is 1.86 bits per heavy atom. The fraction of sp³-hybridized carbons (Fsp3) is 0.880. The molecule has 5 saturated carbocycles. The Balaban J connectivity index is 1.20. The molecule has 0 spiro atoms. The molecule has 0 heterocycles. The van der Waals surface area contributed by atoms with E-state index in [0.29, 0.717) is 23.5 Å². The zero-order valence-electron chi connectivity index (χ0n) is 18.4.